The van der Waals surface area contributed by atoms with Crippen molar-refractivity contribution in [3.8, 4) is 0 Å². The third-order valence-electron chi connectivity index (χ3n) is 4.98. The van der Waals surface area contributed by atoms with E-state index in [2.05, 4.69) is 6.92 Å². The largest absolute Gasteiger partial charge is 0.229 e. The maximum atomic E-state index is 11.4. The normalized spacial score (nSPS) is 50.9. The molecule has 4 rings (SSSR count). The third kappa shape index (κ3) is 1.80. The maximum absolute atomic E-state index is 11.4. The van der Waals surface area contributed by atoms with Gasteiger partial charge in [0.2, 0.25) is 10.0 Å². The van der Waals surface area contributed by atoms with Gasteiger partial charge in [-0.25, -0.2) is 13.6 Å². The average molecular weight is 243 g/mol. The van der Waals surface area contributed by atoms with Gasteiger partial charge >= 0.3 is 0 Å². The smallest absolute Gasteiger partial charge is 0.209 e. The van der Waals surface area contributed by atoms with Crippen LogP contribution in [0.5, 0.6) is 0 Å². The van der Waals surface area contributed by atoms with Crippen LogP contribution in [0.1, 0.15) is 45.4 Å². The van der Waals surface area contributed by atoms with Gasteiger partial charge in [-0.1, -0.05) is 6.92 Å². The molecule has 4 aliphatic rings. The van der Waals surface area contributed by atoms with Crippen molar-refractivity contribution in [1.82, 2.24) is 0 Å². The summed E-state index contributed by atoms with van der Waals surface area (Å²) in [7, 11) is -3.31. The molecule has 3 nitrogen and oxygen atoms in total. The highest BCUT2D eigenvalue weighted by atomic mass is 32.2. The molecule has 2 unspecified atom stereocenters. The van der Waals surface area contributed by atoms with E-state index in [4.69, 9.17) is 5.14 Å². The van der Waals surface area contributed by atoms with Gasteiger partial charge in [0.15, 0.2) is 0 Å². The van der Waals surface area contributed by atoms with Gasteiger partial charge < -0.3 is 0 Å². The summed E-state index contributed by atoms with van der Waals surface area (Å²) in [6.45, 7) is 2.35. The van der Waals surface area contributed by atoms with E-state index in [1.54, 1.807) is 0 Å². The molecule has 16 heavy (non-hydrogen) atoms. The molecule has 0 spiro atoms. The van der Waals surface area contributed by atoms with Gasteiger partial charge in [-0.15, -0.1) is 0 Å². The second-order valence-electron chi connectivity index (χ2n) is 7.08. The van der Waals surface area contributed by atoms with Gasteiger partial charge in [-0.2, -0.15) is 0 Å². The fraction of sp³-hybridized carbons (Fsp3) is 1.00. The first-order chi connectivity index (χ1) is 7.28. The molecule has 4 saturated carbocycles. The van der Waals surface area contributed by atoms with Gasteiger partial charge in [0, 0.05) is 0 Å². The highest BCUT2D eigenvalue weighted by molar-refractivity contribution is 7.89. The van der Waals surface area contributed by atoms with E-state index in [9.17, 15) is 8.42 Å². The molecule has 0 aromatic heterocycles. The minimum absolute atomic E-state index is 0.0341. The van der Waals surface area contributed by atoms with Crippen molar-refractivity contribution in [3.05, 3.63) is 0 Å². The van der Waals surface area contributed by atoms with Crippen LogP contribution >= 0.6 is 0 Å². The standard InChI is InChI=1S/C12H21NO2S/c1-11-3-9-2-10(4-11)6-12(5-9,7-11)8-16(13,14)15/h9-10H,2-8H2,1H3,(H2,13,14,15). The monoisotopic (exact) mass is 243 g/mol. The molecule has 4 fully saturated rings. The Hall–Kier alpha value is -0.0900. The summed E-state index contributed by atoms with van der Waals surface area (Å²) in [5.74, 6) is 1.77. The van der Waals surface area contributed by atoms with Gasteiger partial charge in [0.05, 0.1) is 5.75 Å². The zero-order valence-corrected chi connectivity index (χ0v) is 10.7. The molecule has 4 bridgehead atoms. The predicted octanol–water partition coefficient (Wildman–Crippen LogP) is 1.88. The number of sulfonamides is 1. The summed E-state index contributed by atoms with van der Waals surface area (Å²) in [5, 5.41) is 5.27. The highest BCUT2D eigenvalue weighted by Crippen LogP contribution is 2.65. The lowest BCUT2D eigenvalue weighted by molar-refractivity contribution is -0.0901. The van der Waals surface area contributed by atoms with E-state index in [0.29, 0.717) is 5.41 Å². The summed E-state index contributed by atoms with van der Waals surface area (Å²) >= 11 is 0. The Bertz CT molecular complexity index is 401. The van der Waals surface area contributed by atoms with E-state index in [1.165, 1.54) is 19.3 Å². The molecule has 0 aliphatic heterocycles. The fourth-order valence-corrected chi connectivity index (χ4v) is 6.72. The maximum Gasteiger partial charge on any atom is 0.209 e. The number of hydrogen-bond acceptors (Lipinski definition) is 2. The van der Waals surface area contributed by atoms with Gasteiger partial charge in [0.1, 0.15) is 0 Å². The minimum Gasteiger partial charge on any atom is -0.229 e. The molecule has 0 aromatic carbocycles. The SMILES string of the molecule is CC12CC3CC(C1)CC(CS(N)(=O)=O)(C3)C2. The number of rotatable bonds is 2. The number of primary sulfonamides is 1. The van der Waals surface area contributed by atoms with Crippen LogP contribution in [0.3, 0.4) is 0 Å². The Labute approximate surface area is 97.8 Å². The van der Waals surface area contributed by atoms with Crippen molar-refractivity contribution in [2.45, 2.75) is 45.4 Å². The van der Waals surface area contributed by atoms with E-state index in [1.807, 2.05) is 0 Å². The van der Waals surface area contributed by atoms with Crippen LogP contribution in [-0.2, 0) is 10.0 Å². The Morgan fingerprint density at radius 3 is 2.19 bits per heavy atom. The first kappa shape index (κ1) is 11.0. The van der Waals surface area contributed by atoms with Crippen molar-refractivity contribution >= 4 is 10.0 Å². The lowest BCUT2D eigenvalue weighted by atomic mass is 9.45. The van der Waals surface area contributed by atoms with E-state index in [0.717, 1.165) is 31.1 Å². The molecular formula is C12H21NO2S. The average Bonchev–Trinajstić information content (AvgIpc) is 1.91. The zero-order valence-electron chi connectivity index (χ0n) is 9.91. The molecule has 0 heterocycles. The third-order valence-corrected chi connectivity index (χ3v) is 6.00. The van der Waals surface area contributed by atoms with Crippen molar-refractivity contribution in [2.75, 3.05) is 5.75 Å². The molecule has 0 aromatic rings. The number of nitrogens with two attached hydrogens (primary N) is 1. The number of hydrogen-bond donors (Lipinski definition) is 1. The Balaban J connectivity index is 1.92. The highest BCUT2D eigenvalue weighted by Gasteiger charge is 2.56. The molecular weight excluding hydrogens is 222 g/mol. The van der Waals surface area contributed by atoms with Crippen LogP contribution in [-0.4, -0.2) is 14.2 Å². The second kappa shape index (κ2) is 3.02. The summed E-state index contributed by atoms with van der Waals surface area (Å²) in [5.41, 5.74) is 0.446. The lowest BCUT2D eigenvalue weighted by Crippen LogP contribution is -2.53. The van der Waals surface area contributed by atoms with Gasteiger partial charge in [0.25, 0.3) is 0 Å². The Morgan fingerprint density at radius 2 is 1.75 bits per heavy atom. The van der Waals surface area contributed by atoms with Crippen molar-refractivity contribution in [1.29, 1.82) is 0 Å². The van der Waals surface area contributed by atoms with E-state index in [-0.39, 0.29) is 11.2 Å². The molecule has 0 amide bonds. The van der Waals surface area contributed by atoms with Crippen molar-refractivity contribution < 1.29 is 8.42 Å². The molecule has 4 heteroatoms. The molecule has 0 radical (unpaired) electrons. The fourth-order valence-electron chi connectivity index (χ4n) is 5.52. The van der Waals surface area contributed by atoms with E-state index < -0.39 is 10.0 Å². The predicted molar refractivity (Wildman–Crippen MR) is 63.2 cm³/mol. The second-order valence-corrected chi connectivity index (χ2v) is 8.69. The summed E-state index contributed by atoms with van der Waals surface area (Å²) in [6, 6.07) is 0. The van der Waals surface area contributed by atoms with Crippen LogP contribution in [0, 0.1) is 22.7 Å². The zero-order chi connectivity index (χ0) is 11.6. The first-order valence-electron chi connectivity index (χ1n) is 6.28. The van der Waals surface area contributed by atoms with Crippen molar-refractivity contribution in [3.63, 3.8) is 0 Å². The van der Waals surface area contributed by atoms with Crippen LogP contribution in [0.15, 0.2) is 0 Å². The van der Waals surface area contributed by atoms with Crippen LogP contribution in [0.25, 0.3) is 0 Å². The summed E-state index contributed by atoms with van der Waals surface area (Å²) in [4.78, 5) is 0. The molecule has 4 aliphatic carbocycles. The lowest BCUT2D eigenvalue weighted by Gasteiger charge is -2.61. The van der Waals surface area contributed by atoms with Crippen LogP contribution in [0.4, 0.5) is 0 Å². The molecule has 2 atom stereocenters. The quantitative estimate of drug-likeness (QED) is 0.805. The minimum atomic E-state index is -3.31. The van der Waals surface area contributed by atoms with E-state index >= 15 is 0 Å². The Morgan fingerprint density at radius 1 is 1.19 bits per heavy atom. The van der Waals surface area contributed by atoms with Crippen LogP contribution in [0.2, 0.25) is 0 Å². The molecule has 92 valence electrons. The summed E-state index contributed by atoms with van der Waals surface area (Å²) in [6.07, 6.45) is 7.27. The first-order valence-corrected chi connectivity index (χ1v) is 8.00. The topological polar surface area (TPSA) is 60.2 Å². The van der Waals surface area contributed by atoms with Gasteiger partial charge in [-0.3, -0.25) is 0 Å². The van der Waals surface area contributed by atoms with Crippen molar-refractivity contribution in [2.24, 2.45) is 27.8 Å². The molecule has 2 N–H and O–H groups in total. The molecule has 0 saturated heterocycles. The Kier molecular flexibility index (Phi) is 2.08. The van der Waals surface area contributed by atoms with Gasteiger partial charge in [-0.05, 0) is 61.2 Å². The summed E-state index contributed by atoms with van der Waals surface area (Å²) < 4.78 is 22.8. The van der Waals surface area contributed by atoms with Crippen LogP contribution < -0.4 is 5.14 Å².